The normalized spacial score (nSPS) is 11.7. The van der Waals surface area contributed by atoms with Crippen molar-refractivity contribution in [2.24, 2.45) is 0 Å². The lowest BCUT2D eigenvalue weighted by molar-refractivity contribution is 0.673. The van der Waals surface area contributed by atoms with Crippen molar-refractivity contribution in [1.82, 2.24) is 9.97 Å². The minimum atomic E-state index is 0.710. The van der Waals surface area contributed by atoms with Gasteiger partial charge in [-0.1, -0.05) is 158 Å². The molecule has 252 valence electrons. The van der Waals surface area contributed by atoms with E-state index in [1.807, 2.05) is 47.7 Å². The summed E-state index contributed by atoms with van der Waals surface area (Å²) in [5.41, 5.74) is 11.4. The van der Waals surface area contributed by atoms with Crippen molar-refractivity contribution in [2.45, 2.75) is 0 Å². The maximum atomic E-state index is 6.75. The number of hydrogen-bond donors (Lipinski definition) is 0. The maximum Gasteiger partial charge on any atom is 0.160 e. The molecule has 0 unspecified atom stereocenters. The van der Waals surface area contributed by atoms with Gasteiger partial charge in [-0.3, -0.25) is 0 Å². The van der Waals surface area contributed by atoms with Gasteiger partial charge in [0.25, 0.3) is 0 Å². The summed E-state index contributed by atoms with van der Waals surface area (Å²) in [7, 11) is 0. The molecule has 3 aromatic heterocycles. The summed E-state index contributed by atoms with van der Waals surface area (Å²) in [5.74, 6) is 0.710. The molecule has 0 bridgehead atoms. The predicted molar refractivity (Wildman–Crippen MR) is 227 cm³/mol. The first kappa shape index (κ1) is 30.7. The van der Waals surface area contributed by atoms with Crippen LogP contribution in [0.3, 0.4) is 0 Å². The molecule has 3 heterocycles. The quantitative estimate of drug-likeness (QED) is 0.179. The number of nitrogens with zero attached hydrogens (tertiary/aromatic N) is 2. The van der Waals surface area contributed by atoms with Gasteiger partial charge in [-0.15, -0.1) is 11.3 Å². The van der Waals surface area contributed by atoms with Crippen LogP contribution in [-0.2, 0) is 0 Å². The molecule has 0 spiro atoms. The van der Waals surface area contributed by atoms with E-state index in [2.05, 4.69) is 146 Å². The van der Waals surface area contributed by atoms with E-state index in [4.69, 9.17) is 14.4 Å². The molecule has 0 aliphatic heterocycles. The highest BCUT2D eigenvalue weighted by atomic mass is 32.1. The fourth-order valence-corrected chi connectivity index (χ4v) is 9.19. The number of thiophene rings is 1. The summed E-state index contributed by atoms with van der Waals surface area (Å²) in [6.07, 6.45) is 0. The second-order valence-corrected chi connectivity index (χ2v) is 14.7. The third kappa shape index (κ3) is 4.96. The van der Waals surface area contributed by atoms with E-state index >= 15 is 0 Å². The zero-order valence-electron chi connectivity index (χ0n) is 29.0. The number of benzene rings is 8. The van der Waals surface area contributed by atoms with Gasteiger partial charge in [0.15, 0.2) is 5.82 Å². The van der Waals surface area contributed by atoms with Crippen LogP contribution in [0.2, 0.25) is 0 Å². The molecule has 0 saturated carbocycles. The molecule has 0 N–H and O–H groups in total. The fourth-order valence-electron chi connectivity index (χ4n) is 7.96. The van der Waals surface area contributed by atoms with Crippen LogP contribution in [0.25, 0.3) is 109 Å². The molecule has 0 atom stereocenters. The van der Waals surface area contributed by atoms with E-state index in [1.54, 1.807) is 0 Å². The lowest BCUT2D eigenvalue weighted by atomic mass is 9.92. The molecule has 4 heteroatoms. The third-order valence-electron chi connectivity index (χ3n) is 10.5. The van der Waals surface area contributed by atoms with Gasteiger partial charge in [0.1, 0.15) is 11.2 Å². The third-order valence-corrected chi connectivity index (χ3v) is 11.7. The molecule has 8 aromatic carbocycles. The minimum Gasteiger partial charge on any atom is -0.455 e. The molecule has 11 aromatic rings. The van der Waals surface area contributed by atoms with Gasteiger partial charge in [0.2, 0.25) is 0 Å². The van der Waals surface area contributed by atoms with Crippen LogP contribution in [0.5, 0.6) is 0 Å². The second kappa shape index (κ2) is 12.4. The topological polar surface area (TPSA) is 38.9 Å². The molecule has 0 saturated heterocycles. The average Bonchev–Trinajstić information content (AvgIpc) is 3.83. The Morgan fingerprint density at radius 1 is 0.389 bits per heavy atom. The predicted octanol–water partition coefficient (Wildman–Crippen LogP) is 14.2. The molecule has 54 heavy (non-hydrogen) atoms. The van der Waals surface area contributed by atoms with Crippen LogP contribution in [0.15, 0.2) is 186 Å². The summed E-state index contributed by atoms with van der Waals surface area (Å²) in [4.78, 5) is 10.1. The Balaban J connectivity index is 1.08. The summed E-state index contributed by atoms with van der Waals surface area (Å²) in [6, 6.07) is 64.2. The highest BCUT2D eigenvalue weighted by Gasteiger charge is 2.20. The Morgan fingerprint density at radius 2 is 0.981 bits per heavy atom. The zero-order valence-corrected chi connectivity index (χ0v) is 29.8. The van der Waals surface area contributed by atoms with E-state index in [0.29, 0.717) is 5.82 Å². The van der Waals surface area contributed by atoms with Crippen molar-refractivity contribution >= 4 is 64.2 Å². The lowest BCUT2D eigenvalue weighted by Crippen LogP contribution is -1.95. The summed E-state index contributed by atoms with van der Waals surface area (Å²) < 4.78 is 9.35. The van der Waals surface area contributed by atoms with Gasteiger partial charge in [0, 0.05) is 58.6 Å². The van der Waals surface area contributed by atoms with Gasteiger partial charge in [-0.05, 0) is 46.3 Å². The van der Waals surface area contributed by atoms with Crippen molar-refractivity contribution in [3.63, 3.8) is 0 Å². The van der Waals surface area contributed by atoms with Gasteiger partial charge >= 0.3 is 0 Å². The summed E-state index contributed by atoms with van der Waals surface area (Å²) in [5, 5.41) is 7.11. The molecule has 11 rings (SSSR count). The molecular formula is C50H30N2OS. The number of hydrogen-bond acceptors (Lipinski definition) is 4. The van der Waals surface area contributed by atoms with Gasteiger partial charge in [0.05, 0.1) is 11.4 Å². The van der Waals surface area contributed by atoms with Crippen molar-refractivity contribution in [3.8, 4) is 56.2 Å². The average molecular weight is 707 g/mol. The maximum absolute atomic E-state index is 6.75. The monoisotopic (exact) mass is 706 g/mol. The van der Waals surface area contributed by atoms with E-state index in [-0.39, 0.29) is 0 Å². The lowest BCUT2D eigenvalue weighted by Gasteiger charge is -2.12. The molecule has 0 amide bonds. The molecule has 0 radical (unpaired) electrons. The first-order valence-electron chi connectivity index (χ1n) is 18.2. The Hall–Kier alpha value is -6.88. The molecular weight excluding hydrogens is 677 g/mol. The number of fused-ring (bicyclic) bond motifs is 8. The van der Waals surface area contributed by atoms with Crippen molar-refractivity contribution in [3.05, 3.63) is 182 Å². The van der Waals surface area contributed by atoms with E-state index < -0.39 is 0 Å². The van der Waals surface area contributed by atoms with E-state index in [0.717, 1.165) is 66.4 Å². The highest BCUT2D eigenvalue weighted by molar-refractivity contribution is 7.26. The van der Waals surface area contributed by atoms with Crippen molar-refractivity contribution in [1.29, 1.82) is 0 Å². The Morgan fingerprint density at radius 3 is 1.76 bits per heavy atom. The fraction of sp³-hybridized carbons (Fsp3) is 0. The van der Waals surface area contributed by atoms with Crippen molar-refractivity contribution < 1.29 is 4.42 Å². The number of furan rings is 1. The smallest absolute Gasteiger partial charge is 0.160 e. The number of aromatic nitrogens is 2. The Kier molecular flexibility index (Phi) is 7.04. The van der Waals surface area contributed by atoms with Crippen LogP contribution in [0, 0.1) is 0 Å². The zero-order chi connectivity index (χ0) is 35.6. The molecule has 3 nitrogen and oxygen atoms in total. The SMILES string of the molecule is c1ccc(-c2cc(-c3ccc(-c4cc5c(oc6cccc(-c7cccc8c7sc7ccccc78)c65)c5ccccc45)cc3)nc(-c3ccccc3)n2)cc1. The van der Waals surface area contributed by atoms with Gasteiger partial charge in [-0.2, -0.15) is 0 Å². The Bertz CT molecular complexity index is 3140. The van der Waals surface area contributed by atoms with Crippen LogP contribution >= 0.6 is 11.3 Å². The Labute approximate surface area is 315 Å². The van der Waals surface area contributed by atoms with Crippen LogP contribution in [0.4, 0.5) is 0 Å². The largest absolute Gasteiger partial charge is 0.455 e. The second-order valence-electron chi connectivity index (χ2n) is 13.7. The summed E-state index contributed by atoms with van der Waals surface area (Å²) in [6.45, 7) is 0. The number of rotatable bonds is 5. The van der Waals surface area contributed by atoms with Crippen LogP contribution < -0.4 is 0 Å². The first-order valence-corrected chi connectivity index (χ1v) is 19.0. The highest BCUT2D eigenvalue weighted by Crippen LogP contribution is 2.46. The molecule has 0 fully saturated rings. The van der Waals surface area contributed by atoms with Crippen LogP contribution in [-0.4, -0.2) is 9.97 Å². The van der Waals surface area contributed by atoms with Crippen LogP contribution in [0.1, 0.15) is 0 Å². The molecule has 0 aliphatic carbocycles. The van der Waals surface area contributed by atoms with E-state index in [9.17, 15) is 0 Å². The van der Waals surface area contributed by atoms with Gasteiger partial charge < -0.3 is 4.42 Å². The van der Waals surface area contributed by atoms with E-state index in [1.165, 1.54) is 36.9 Å². The van der Waals surface area contributed by atoms with Gasteiger partial charge in [-0.25, -0.2) is 9.97 Å². The first-order chi connectivity index (χ1) is 26.8. The summed E-state index contributed by atoms with van der Waals surface area (Å²) >= 11 is 1.86. The standard InChI is InChI=1S/C50H30N2OS/c1-3-13-32(14-4-1)43-30-44(52-50(51-43)34-15-5-2-6-16-34)33-27-25-31(26-28-33)41-29-42-47-37(20-12-23-45(47)53-48(42)38-19-8-7-17-35(38)41)40-22-11-21-39-36-18-9-10-24-46(36)54-49(39)40/h1-30H. The molecule has 0 aliphatic rings. The minimum absolute atomic E-state index is 0.710. The van der Waals surface area contributed by atoms with Crippen molar-refractivity contribution in [2.75, 3.05) is 0 Å².